The number of nitrogens with zero attached hydrogens (tertiary/aromatic N) is 1. The minimum atomic E-state index is -0.616. The van der Waals surface area contributed by atoms with Crippen molar-refractivity contribution in [1.29, 1.82) is 0 Å². The molecule has 1 aliphatic rings. The van der Waals surface area contributed by atoms with Gasteiger partial charge in [-0.1, -0.05) is 48.5 Å². The summed E-state index contributed by atoms with van der Waals surface area (Å²) in [6, 6.07) is 17.5. The molecule has 1 N–H and O–H groups in total. The van der Waals surface area contributed by atoms with Gasteiger partial charge in [-0.3, -0.25) is 9.78 Å². The lowest BCUT2D eigenvalue weighted by Crippen LogP contribution is -2.32. The van der Waals surface area contributed by atoms with Gasteiger partial charge in [0.2, 0.25) is 0 Å². The van der Waals surface area contributed by atoms with Crippen molar-refractivity contribution >= 4 is 28.0 Å². The molecule has 0 saturated heterocycles. The van der Waals surface area contributed by atoms with E-state index >= 15 is 0 Å². The van der Waals surface area contributed by atoms with Crippen LogP contribution in [0.3, 0.4) is 0 Å². The Labute approximate surface area is 195 Å². The first-order valence-corrected chi connectivity index (χ1v) is 11.2. The van der Waals surface area contributed by atoms with Crippen LogP contribution in [0.4, 0.5) is 4.79 Å². The lowest BCUT2D eigenvalue weighted by Gasteiger charge is -2.20. The number of alkyl carbamates (subject to hydrolysis) is 1. The summed E-state index contributed by atoms with van der Waals surface area (Å²) >= 11 is 3.38. The molecule has 6 nitrogen and oxygen atoms in total. The Hall–Kier alpha value is -3.19. The van der Waals surface area contributed by atoms with Crippen LogP contribution in [0.2, 0.25) is 0 Å². The Bertz CT molecular complexity index is 1090. The van der Waals surface area contributed by atoms with Crippen LogP contribution < -0.4 is 5.32 Å². The molecule has 1 aliphatic carbocycles. The number of rotatable bonds is 7. The molecule has 164 valence electrons. The van der Waals surface area contributed by atoms with Gasteiger partial charge in [0.15, 0.2) is 0 Å². The summed E-state index contributed by atoms with van der Waals surface area (Å²) in [6.07, 6.45) is 2.63. The van der Waals surface area contributed by atoms with Crippen LogP contribution in [0.25, 0.3) is 11.1 Å². The van der Waals surface area contributed by atoms with Crippen molar-refractivity contribution in [3.63, 3.8) is 0 Å². The van der Waals surface area contributed by atoms with E-state index in [0.717, 1.165) is 26.7 Å². The largest absolute Gasteiger partial charge is 0.466 e. The van der Waals surface area contributed by atoms with Crippen LogP contribution >= 0.6 is 15.9 Å². The van der Waals surface area contributed by atoms with Gasteiger partial charge in [-0.05, 0) is 56.7 Å². The number of fused-ring (bicyclic) bond motifs is 3. The predicted octanol–water partition coefficient (Wildman–Crippen LogP) is 5.38. The zero-order valence-electron chi connectivity index (χ0n) is 17.6. The molecule has 1 aromatic heterocycles. The molecule has 32 heavy (non-hydrogen) atoms. The van der Waals surface area contributed by atoms with E-state index in [-0.39, 0.29) is 25.6 Å². The molecular formula is C25H23BrN2O4. The number of carbonyl (C=O) groups is 2. The minimum absolute atomic E-state index is 0.0177. The predicted molar refractivity (Wildman–Crippen MR) is 124 cm³/mol. The van der Waals surface area contributed by atoms with E-state index in [4.69, 9.17) is 9.47 Å². The zero-order valence-corrected chi connectivity index (χ0v) is 19.2. The summed E-state index contributed by atoms with van der Waals surface area (Å²) in [4.78, 5) is 28.9. The molecule has 0 aliphatic heterocycles. The summed E-state index contributed by atoms with van der Waals surface area (Å²) in [5.74, 6) is -0.444. The van der Waals surface area contributed by atoms with E-state index in [1.165, 1.54) is 0 Å². The van der Waals surface area contributed by atoms with Crippen molar-refractivity contribution in [3.05, 3.63) is 88.2 Å². The van der Waals surface area contributed by atoms with E-state index in [1.807, 2.05) is 24.3 Å². The normalized spacial score (nSPS) is 13.1. The van der Waals surface area contributed by atoms with Crippen molar-refractivity contribution in [2.24, 2.45) is 0 Å². The maximum Gasteiger partial charge on any atom is 0.407 e. The van der Waals surface area contributed by atoms with Crippen LogP contribution in [0.5, 0.6) is 0 Å². The lowest BCUT2D eigenvalue weighted by molar-refractivity contribution is -0.143. The van der Waals surface area contributed by atoms with E-state index < -0.39 is 18.1 Å². The standard InChI is InChI=1S/C25H23BrN2O4/c1-2-31-24(29)12-23(16-11-17(26)14-27-13-16)28-25(30)32-15-22-20-9-5-3-7-18(20)19-8-4-6-10-21(19)22/h3-11,13-14,22-23H,2,12,15H2,1H3,(H,28,30)/t23-/m0/s1. The first-order chi connectivity index (χ1) is 15.6. The molecule has 7 heteroatoms. The Morgan fingerprint density at radius 1 is 1.03 bits per heavy atom. The Kier molecular flexibility index (Phi) is 6.85. The van der Waals surface area contributed by atoms with Crippen LogP contribution in [0.15, 0.2) is 71.5 Å². The maximum atomic E-state index is 12.7. The third kappa shape index (κ3) is 4.83. The number of hydrogen-bond donors (Lipinski definition) is 1. The number of nitrogens with one attached hydrogen (secondary N) is 1. The topological polar surface area (TPSA) is 77.5 Å². The van der Waals surface area contributed by atoms with Gasteiger partial charge < -0.3 is 14.8 Å². The number of amides is 1. The Morgan fingerprint density at radius 3 is 2.31 bits per heavy atom. The average molecular weight is 495 g/mol. The highest BCUT2D eigenvalue weighted by molar-refractivity contribution is 9.10. The van der Waals surface area contributed by atoms with E-state index in [2.05, 4.69) is 50.5 Å². The van der Waals surface area contributed by atoms with Gasteiger partial charge in [0.25, 0.3) is 0 Å². The van der Waals surface area contributed by atoms with Gasteiger partial charge in [0, 0.05) is 22.8 Å². The molecule has 0 fully saturated rings. The summed E-state index contributed by atoms with van der Waals surface area (Å²) in [5, 5.41) is 2.80. The number of hydrogen-bond acceptors (Lipinski definition) is 5. The third-order valence-corrected chi connectivity index (χ3v) is 5.87. The van der Waals surface area contributed by atoms with Gasteiger partial charge in [-0.2, -0.15) is 0 Å². The molecule has 0 spiro atoms. The quantitative estimate of drug-likeness (QED) is 0.446. The Balaban J connectivity index is 1.47. The monoisotopic (exact) mass is 494 g/mol. The maximum absolute atomic E-state index is 12.7. The van der Waals surface area contributed by atoms with Crippen molar-refractivity contribution in [2.45, 2.75) is 25.3 Å². The fraction of sp³-hybridized carbons (Fsp3) is 0.240. The number of pyridine rings is 1. The fourth-order valence-corrected chi connectivity index (χ4v) is 4.42. The van der Waals surface area contributed by atoms with Crippen LogP contribution in [0, 0.1) is 0 Å². The van der Waals surface area contributed by atoms with Gasteiger partial charge in [0.1, 0.15) is 6.61 Å². The van der Waals surface area contributed by atoms with Crippen molar-refractivity contribution in [2.75, 3.05) is 13.2 Å². The van der Waals surface area contributed by atoms with Crippen molar-refractivity contribution in [1.82, 2.24) is 10.3 Å². The third-order valence-electron chi connectivity index (χ3n) is 5.44. The molecule has 0 bridgehead atoms. The summed E-state index contributed by atoms with van der Waals surface area (Å²) in [7, 11) is 0. The van der Waals surface area contributed by atoms with E-state index in [0.29, 0.717) is 5.56 Å². The zero-order chi connectivity index (χ0) is 22.5. The van der Waals surface area contributed by atoms with Gasteiger partial charge in [-0.15, -0.1) is 0 Å². The number of carbonyl (C=O) groups excluding carboxylic acids is 2. The highest BCUT2D eigenvalue weighted by Crippen LogP contribution is 2.44. The first-order valence-electron chi connectivity index (χ1n) is 10.4. The molecule has 1 atom stereocenters. The molecule has 0 unspecified atom stereocenters. The van der Waals surface area contributed by atoms with Gasteiger partial charge >= 0.3 is 12.1 Å². The highest BCUT2D eigenvalue weighted by Gasteiger charge is 2.29. The van der Waals surface area contributed by atoms with Crippen LogP contribution in [-0.2, 0) is 14.3 Å². The fourth-order valence-electron chi connectivity index (χ4n) is 4.04. The second kappa shape index (κ2) is 9.96. The highest BCUT2D eigenvalue weighted by atomic mass is 79.9. The molecule has 0 saturated carbocycles. The second-order valence-corrected chi connectivity index (χ2v) is 8.38. The van der Waals surface area contributed by atoms with Crippen LogP contribution in [0.1, 0.15) is 42.0 Å². The number of benzene rings is 2. The Morgan fingerprint density at radius 2 is 1.69 bits per heavy atom. The molecule has 4 rings (SSSR count). The van der Waals surface area contributed by atoms with Crippen molar-refractivity contribution < 1.29 is 19.1 Å². The van der Waals surface area contributed by atoms with Gasteiger partial charge in [0.05, 0.1) is 19.1 Å². The van der Waals surface area contributed by atoms with Gasteiger partial charge in [-0.25, -0.2) is 4.79 Å². The summed E-state index contributed by atoms with van der Waals surface area (Å²) < 4.78 is 11.4. The molecule has 2 aromatic carbocycles. The first kappa shape index (κ1) is 22.0. The minimum Gasteiger partial charge on any atom is -0.466 e. The summed E-state index contributed by atoms with van der Waals surface area (Å²) in [6.45, 7) is 2.21. The molecule has 1 heterocycles. The summed E-state index contributed by atoms with van der Waals surface area (Å²) in [5.41, 5.74) is 5.29. The number of ether oxygens (including phenoxy) is 2. The molecule has 3 aromatic rings. The van der Waals surface area contributed by atoms with E-state index in [1.54, 1.807) is 25.4 Å². The van der Waals surface area contributed by atoms with Crippen molar-refractivity contribution in [3.8, 4) is 11.1 Å². The number of halogens is 1. The molecule has 1 amide bonds. The lowest BCUT2D eigenvalue weighted by atomic mass is 9.98. The molecular weight excluding hydrogens is 472 g/mol. The number of aromatic nitrogens is 1. The SMILES string of the molecule is CCOC(=O)C[C@H](NC(=O)OCC1c2ccccc2-c2ccccc21)c1cncc(Br)c1. The smallest absolute Gasteiger partial charge is 0.407 e. The molecule has 0 radical (unpaired) electrons. The van der Waals surface area contributed by atoms with Crippen LogP contribution in [-0.4, -0.2) is 30.3 Å². The second-order valence-electron chi connectivity index (χ2n) is 7.47. The van der Waals surface area contributed by atoms with E-state index in [9.17, 15) is 9.59 Å². The number of esters is 1. The average Bonchev–Trinajstić information content (AvgIpc) is 3.11.